The lowest BCUT2D eigenvalue weighted by Crippen LogP contribution is -2.75. The van der Waals surface area contributed by atoms with Crippen molar-refractivity contribution in [3.05, 3.63) is 35.4 Å². The number of nitrogens with one attached hydrogen (secondary N) is 1. The summed E-state index contributed by atoms with van der Waals surface area (Å²) in [6.07, 6.45) is 7.28. The Bertz CT molecular complexity index is 949. The van der Waals surface area contributed by atoms with E-state index >= 15 is 0 Å². The predicted octanol–water partition coefficient (Wildman–Crippen LogP) is 2.79. The molecule has 37 heavy (non-hydrogen) atoms. The molecule has 4 rings (SSSR count). The van der Waals surface area contributed by atoms with Crippen LogP contribution >= 0.6 is 0 Å². The van der Waals surface area contributed by atoms with Crippen molar-refractivity contribution in [2.24, 2.45) is 5.92 Å². The Morgan fingerprint density at radius 2 is 1.76 bits per heavy atom. The van der Waals surface area contributed by atoms with Gasteiger partial charge in [-0.15, -0.1) is 0 Å². The van der Waals surface area contributed by atoms with Gasteiger partial charge in [0.15, 0.2) is 0 Å². The van der Waals surface area contributed by atoms with Crippen LogP contribution in [0.2, 0.25) is 0 Å². The van der Waals surface area contributed by atoms with Crippen molar-refractivity contribution in [1.29, 1.82) is 0 Å². The first kappa shape index (κ1) is 27.6. The van der Waals surface area contributed by atoms with Gasteiger partial charge in [0.1, 0.15) is 11.6 Å². The maximum absolute atomic E-state index is 13.7. The lowest BCUT2D eigenvalue weighted by Gasteiger charge is -2.52. The first-order valence-corrected chi connectivity index (χ1v) is 14.1. The third-order valence-electron chi connectivity index (χ3n) is 8.66. The van der Waals surface area contributed by atoms with Gasteiger partial charge in [-0.25, -0.2) is 0 Å². The zero-order chi connectivity index (χ0) is 26.6. The maximum atomic E-state index is 13.7. The molecule has 1 saturated carbocycles. The first-order valence-electron chi connectivity index (χ1n) is 14.1. The van der Waals surface area contributed by atoms with Gasteiger partial charge in [-0.1, -0.05) is 44.7 Å². The second-order valence-electron chi connectivity index (χ2n) is 11.4. The number of carbonyl (C=O) groups is 3. The largest absolute Gasteiger partial charge is 0.390 e. The summed E-state index contributed by atoms with van der Waals surface area (Å²) in [7, 11) is 3.49. The molecule has 1 aromatic carbocycles. The minimum Gasteiger partial charge on any atom is -0.390 e. The quantitative estimate of drug-likeness (QED) is 0.559. The number of hydrogen-bond acceptors (Lipinski definition) is 5. The monoisotopic (exact) mass is 512 g/mol. The van der Waals surface area contributed by atoms with E-state index in [0.717, 1.165) is 50.6 Å². The van der Waals surface area contributed by atoms with E-state index in [9.17, 15) is 19.5 Å². The van der Waals surface area contributed by atoms with Gasteiger partial charge in [0.05, 0.1) is 6.10 Å². The Balaban J connectivity index is 1.43. The third-order valence-corrected chi connectivity index (χ3v) is 8.66. The number of aliphatic hydroxyl groups is 1. The minimum absolute atomic E-state index is 0.0153. The number of unbranched alkanes of at least 4 members (excludes halogenated alkanes) is 1. The van der Waals surface area contributed by atoms with Crippen LogP contribution in [0.4, 0.5) is 0 Å². The molecule has 204 valence electrons. The number of carbonyl (C=O) groups excluding carboxylic acids is 3. The average Bonchev–Trinajstić information content (AvgIpc) is 2.92. The minimum atomic E-state index is -0.840. The van der Waals surface area contributed by atoms with Crippen molar-refractivity contribution >= 4 is 17.7 Å². The molecule has 2 unspecified atom stereocenters. The van der Waals surface area contributed by atoms with Crippen LogP contribution in [0.3, 0.4) is 0 Å². The fraction of sp³-hybridized carbons (Fsp3) is 0.690. The molecule has 1 aliphatic carbocycles. The smallest absolute Gasteiger partial charge is 0.253 e. The summed E-state index contributed by atoms with van der Waals surface area (Å²) in [5, 5.41) is 14.1. The number of aliphatic hydroxyl groups excluding tert-OH is 1. The highest BCUT2D eigenvalue weighted by Crippen LogP contribution is 2.36. The lowest BCUT2D eigenvalue weighted by molar-refractivity contribution is -0.166. The van der Waals surface area contributed by atoms with Gasteiger partial charge in [-0.2, -0.15) is 0 Å². The van der Waals surface area contributed by atoms with Crippen molar-refractivity contribution in [1.82, 2.24) is 20.0 Å². The van der Waals surface area contributed by atoms with E-state index in [-0.39, 0.29) is 23.6 Å². The summed E-state index contributed by atoms with van der Waals surface area (Å²) in [6.45, 7) is 4.79. The highest BCUT2D eigenvalue weighted by atomic mass is 16.3. The van der Waals surface area contributed by atoms with Crippen LogP contribution in [0.15, 0.2) is 24.3 Å². The number of benzene rings is 1. The van der Waals surface area contributed by atoms with Crippen LogP contribution in [0.5, 0.6) is 0 Å². The molecular formula is C29H44N4O4. The number of piperidine rings is 1. The Morgan fingerprint density at radius 3 is 2.35 bits per heavy atom. The zero-order valence-electron chi connectivity index (χ0n) is 22.7. The maximum Gasteiger partial charge on any atom is 0.253 e. The van der Waals surface area contributed by atoms with E-state index < -0.39 is 17.7 Å². The molecule has 0 radical (unpaired) electrons. The SMILES string of the molecule is CCCCN1C(=O)C(C(O)C2CCCCC2)NC(=O)C12CCN(Cc1ccc(C(=O)N(C)C)cc1)CC2. The van der Waals surface area contributed by atoms with Crippen LogP contribution in [-0.2, 0) is 16.1 Å². The van der Waals surface area contributed by atoms with Crippen LogP contribution in [-0.4, -0.2) is 88.9 Å². The predicted molar refractivity (Wildman–Crippen MR) is 143 cm³/mol. The standard InChI is InChI=1S/C29H44N4O4/c1-4-5-17-33-27(36)24(25(34)22-9-7-6-8-10-22)30-28(37)29(33)15-18-32(19-16-29)20-21-11-13-23(14-12-21)26(35)31(2)3/h11-14,22,24-25,34H,4-10,15-20H2,1-3H3,(H,30,37). The molecule has 2 atom stereocenters. The molecule has 0 bridgehead atoms. The van der Waals surface area contributed by atoms with Crippen molar-refractivity contribution in [3.8, 4) is 0 Å². The molecule has 0 aromatic heterocycles. The fourth-order valence-electron chi connectivity index (χ4n) is 6.31. The van der Waals surface area contributed by atoms with Gasteiger partial charge < -0.3 is 20.2 Å². The van der Waals surface area contributed by atoms with Gasteiger partial charge in [0.2, 0.25) is 11.8 Å². The molecule has 2 N–H and O–H groups in total. The fourth-order valence-corrected chi connectivity index (χ4v) is 6.31. The van der Waals surface area contributed by atoms with Gasteiger partial charge >= 0.3 is 0 Å². The average molecular weight is 513 g/mol. The van der Waals surface area contributed by atoms with Gasteiger partial charge in [-0.05, 0) is 55.7 Å². The van der Waals surface area contributed by atoms with Gasteiger partial charge in [0, 0.05) is 45.8 Å². The van der Waals surface area contributed by atoms with E-state index in [1.165, 1.54) is 6.42 Å². The van der Waals surface area contributed by atoms with E-state index in [2.05, 4.69) is 17.1 Å². The highest BCUT2D eigenvalue weighted by molar-refractivity contribution is 6.00. The van der Waals surface area contributed by atoms with Crippen LogP contribution in [0.1, 0.15) is 80.6 Å². The molecule has 1 aromatic rings. The summed E-state index contributed by atoms with van der Waals surface area (Å²) in [6, 6.07) is 6.87. The highest BCUT2D eigenvalue weighted by Gasteiger charge is 2.55. The summed E-state index contributed by atoms with van der Waals surface area (Å²) >= 11 is 0. The van der Waals surface area contributed by atoms with Gasteiger partial charge in [0.25, 0.3) is 5.91 Å². The number of nitrogens with zero attached hydrogens (tertiary/aromatic N) is 3. The van der Waals surface area contributed by atoms with E-state index in [1.807, 2.05) is 29.2 Å². The van der Waals surface area contributed by atoms with Crippen molar-refractivity contribution in [2.75, 3.05) is 33.7 Å². The van der Waals surface area contributed by atoms with Crippen LogP contribution < -0.4 is 5.32 Å². The van der Waals surface area contributed by atoms with Crippen molar-refractivity contribution in [2.45, 2.75) is 88.9 Å². The number of likely N-dealkylation sites (tertiary alicyclic amines) is 1. The zero-order valence-corrected chi connectivity index (χ0v) is 22.7. The normalized spacial score (nSPS) is 23.7. The summed E-state index contributed by atoms with van der Waals surface area (Å²) in [5.74, 6) is -0.153. The summed E-state index contributed by atoms with van der Waals surface area (Å²) in [5.41, 5.74) is 0.947. The summed E-state index contributed by atoms with van der Waals surface area (Å²) in [4.78, 5) is 45.3. The van der Waals surface area contributed by atoms with Crippen LogP contribution in [0, 0.1) is 5.92 Å². The summed E-state index contributed by atoms with van der Waals surface area (Å²) < 4.78 is 0. The number of amides is 3. The number of rotatable bonds is 8. The number of piperazine rings is 1. The first-order chi connectivity index (χ1) is 17.8. The molecule has 2 aliphatic heterocycles. The van der Waals surface area contributed by atoms with Crippen LogP contribution in [0.25, 0.3) is 0 Å². The van der Waals surface area contributed by atoms with Crippen molar-refractivity contribution < 1.29 is 19.5 Å². The second kappa shape index (κ2) is 11.9. The van der Waals surface area contributed by atoms with E-state index in [1.54, 1.807) is 19.0 Å². The molecule has 8 heteroatoms. The molecule has 8 nitrogen and oxygen atoms in total. The van der Waals surface area contributed by atoms with Crippen molar-refractivity contribution in [3.63, 3.8) is 0 Å². The van der Waals surface area contributed by atoms with E-state index in [0.29, 0.717) is 38.0 Å². The molecule has 2 heterocycles. The molecular weight excluding hydrogens is 468 g/mol. The second-order valence-corrected chi connectivity index (χ2v) is 11.4. The lowest BCUT2D eigenvalue weighted by atomic mass is 9.78. The molecule has 3 amide bonds. The molecule has 3 aliphatic rings. The topological polar surface area (TPSA) is 93.2 Å². The Labute approximate surface area is 221 Å². The molecule has 3 fully saturated rings. The molecule has 2 saturated heterocycles. The number of hydrogen-bond donors (Lipinski definition) is 2. The van der Waals surface area contributed by atoms with Gasteiger partial charge in [-0.3, -0.25) is 19.3 Å². The molecule has 1 spiro atoms. The van der Waals surface area contributed by atoms with E-state index in [4.69, 9.17) is 0 Å². The Hall–Kier alpha value is -2.45. The Morgan fingerprint density at radius 1 is 1.11 bits per heavy atom. The third kappa shape index (κ3) is 5.85. The Kier molecular flexibility index (Phi) is 8.90.